The first-order chi connectivity index (χ1) is 31.8. The molecule has 0 aliphatic heterocycles. The molecule has 0 radical (unpaired) electrons. The number of esters is 1. The van der Waals surface area contributed by atoms with Crippen molar-refractivity contribution in [3.8, 4) is 23.0 Å². The standard InChI is InChI=1S/C49H61N3O13S/c1-27-37(59-4)17-29(18-38(27)60-5)46(55)41(63-32-11-8-9-12-32)21-31-25-52-16-10-13-35(48(52)50-31)49(57)65-34-15-14-33(22-34)64-42(24-44-51-36(23-45(53)54)43(66-44)26-58-3)47(56)30-19-39(61-6)28(2)40(20-30)62-7/h10,13,16-20,25,32-34,41-42,46-47,55-56H,8-9,11-12,14-15,21-24,26H2,1-7H3,(H,53,54). The number of carbonyl (C=O) groups excluding carboxylic acids is 1. The van der Waals surface area contributed by atoms with E-state index >= 15 is 0 Å². The number of benzene rings is 2. The highest BCUT2D eigenvalue weighted by Crippen LogP contribution is 2.38. The zero-order chi connectivity index (χ0) is 47.1. The quantitative estimate of drug-likeness (QED) is 0.0586. The molecule has 2 aromatic carbocycles. The van der Waals surface area contributed by atoms with Gasteiger partial charge in [-0.3, -0.25) is 4.79 Å². The fourth-order valence-electron chi connectivity index (χ4n) is 9.07. The Morgan fingerprint density at radius 3 is 1.89 bits per heavy atom. The van der Waals surface area contributed by atoms with Crippen LogP contribution in [0.1, 0.15) is 111 Å². The minimum Gasteiger partial charge on any atom is -0.496 e. The summed E-state index contributed by atoms with van der Waals surface area (Å²) in [4.78, 5) is 35.9. The van der Waals surface area contributed by atoms with Gasteiger partial charge in [-0.15, -0.1) is 11.3 Å². The van der Waals surface area contributed by atoms with Gasteiger partial charge in [0.05, 0.1) is 87.2 Å². The number of nitrogens with zero attached hydrogens (tertiary/aromatic N) is 3. The normalized spacial score (nSPS) is 18.3. The maximum Gasteiger partial charge on any atom is 0.342 e. The fourth-order valence-corrected chi connectivity index (χ4v) is 10.2. The van der Waals surface area contributed by atoms with E-state index in [1.165, 1.54) is 18.4 Å². The van der Waals surface area contributed by atoms with E-state index in [4.69, 9.17) is 42.9 Å². The number of thiazole rings is 1. The summed E-state index contributed by atoms with van der Waals surface area (Å²) in [5.41, 5.74) is 4.46. The number of carboxylic acids is 1. The Kier molecular flexibility index (Phi) is 16.2. The zero-order valence-corrected chi connectivity index (χ0v) is 39.4. The highest BCUT2D eigenvalue weighted by atomic mass is 32.1. The lowest BCUT2D eigenvalue weighted by Gasteiger charge is -2.27. The number of aliphatic hydroxyl groups is 2. The van der Waals surface area contributed by atoms with E-state index in [-0.39, 0.29) is 38.1 Å². The first kappa shape index (κ1) is 48.6. The maximum absolute atomic E-state index is 14.0. The average molecular weight is 932 g/mol. The van der Waals surface area contributed by atoms with Crippen molar-refractivity contribution in [3.63, 3.8) is 0 Å². The highest BCUT2D eigenvalue weighted by molar-refractivity contribution is 7.11. The maximum atomic E-state index is 14.0. The molecule has 16 nitrogen and oxygen atoms in total. The Morgan fingerprint density at radius 2 is 1.33 bits per heavy atom. The van der Waals surface area contributed by atoms with Gasteiger partial charge in [0.15, 0.2) is 5.65 Å². The molecule has 2 fully saturated rings. The second-order valence-corrected chi connectivity index (χ2v) is 18.2. The minimum atomic E-state index is -1.16. The summed E-state index contributed by atoms with van der Waals surface area (Å²) < 4.78 is 48.9. The Labute approximate surface area is 388 Å². The summed E-state index contributed by atoms with van der Waals surface area (Å²) in [7, 11) is 7.80. The molecule has 5 aromatic rings. The number of hydrogen-bond acceptors (Lipinski definition) is 15. The number of methoxy groups -OCH3 is 5. The Balaban J connectivity index is 1.08. The third kappa shape index (κ3) is 11.3. The molecule has 66 heavy (non-hydrogen) atoms. The van der Waals surface area contributed by atoms with Crippen molar-refractivity contribution in [1.82, 2.24) is 14.4 Å². The van der Waals surface area contributed by atoms with Crippen LogP contribution in [0, 0.1) is 13.8 Å². The molecule has 6 atom stereocenters. The van der Waals surface area contributed by atoms with Gasteiger partial charge in [-0.1, -0.05) is 12.8 Å². The van der Waals surface area contributed by atoms with Crippen LogP contribution >= 0.6 is 11.3 Å². The van der Waals surface area contributed by atoms with Crippen LogP contribution in [-0.4, -0.2) is 108 Å². The van der Waals surface area contributed by atoms with Crippen molar-refractivity contribution in [3.05, 3.63) is 97.9 Å². The lowest BCUT2D eigenvalue weighted by Crippen LogP contribution is -2.30. The molecule has 356 valence electrons. The van der Waals surface area contributed by atoms with Crippen LogP contribution in [0.3, 0.4) is 0 Å². The van der Waals surface area contributed by atoms with Gasteiger partial charge in [0, 0.05) is 49.9 Å². The first-order valence-corrected chi connectivity index (χ1v) is 23.1. The van der Waals surface area contributed by atoms with Crippen LogP contribution in [0.2, 0.25) is 0 Å². The van der Waals surface area contributed by atoms with Gasteiger partial charge < -0.3 is 57.6 Å². The smallest absolute Gasteiger partial charge is 0.342 e. The van der Waals surface area contributed by atoms with Crippen LogP contribution in [0.4, 0.5) is 0 Å². The summed E-state index contributed by atoms with van der Waals surface area (Å²) in [5.74, 6) is 0.726. The predicted molar refractivity (Wildman–Crippen MR) is 244 cm³/mol. The van der Waals surface area contributed by atoms with Gasteiger partial charge in [0.1, 0.15) is 46.9 Å². The number of aromatic nitrogens is 3. The van der Waals surface area contributed by atoms with Crippen molar-refractivity contribution in [2.45, 2.75) is 127 Å². The number of carboxylic acid groups (broad SMARTS) is 1. The molecule has 2 aliphatic rings. The highest BCUT2D eigenvalue weighted by Gasteiger charge is 2.35. The number of fused-ring (bicyclic) bond motifs is 1. The van der Waals surface area contributed by atoms with Crippen LogP contribution in [-0.2, 0) is 49.6 Å². The number of aliphatic carboxylic acids is 1. The second-order valence-electron chi connectivity index (χ2n) is 17.0. The fraction of sp³-hybridized carbons (Fsp3) is 0.510. The third-order valence-corrected chi connectivity index (χ3v) is 13.6. The summed E-state index contributed by atoms with van der Waals surface area (Å²) in [6, 6.07) is 10.6. The van der Waals surface area contributed by atoms with E-state index in [9.17, 15) is 24.9 Å². The number of aliphatic hydroxyl groups excluding tert-OH is 2. The van der Waals surface area contributed by atoms with Crippen LogP contribution in [0.15, 0.2) is 48.8 Å². The lowest BCUT2D eigenvalue weighted by molar-refractivity contribution is -0.136. The average Bonchev–Trinajstić information content (AvgIpc) is 4.14. The van der Waals surface area contributed by atoms with Crippen LogP contribution < -0.4 is 18.9 Å². The van der Waals surface area contributed by atoms with E-state index in [0.29, 0.717) is 85.9 Å². The van der Waals surface area contributed by atoms with Gasteiger partial charge in [-0.05, 0) is 87.1 Å². The second kappa shape index (κ2) is 22.0. The van der Waals surface area contributed by atoms with E-state index in [0.717, 1.165) is 36.8 Å². The predicted octanol–water partition coefficient (Wildman–Crippen LogP) is 7.26. The number of rotatable bonds is 22. The number of hydrogen-bond donors (Lipinski definition) is 3. The molecule has 7 rings (SSSR count). The van der Waals surface area contributed by atoms with Gasteiger partial charge in [0.25, 0.3) is 0 Å². The molecule has 3 aromatic heterocycles. The molecule has 3 N–H and O–H groups in total. The van der Waals surface area contributed by atoms with E-state index in [1.54, 1.807) is 57.1 Å². The van der Waals surface area contributed by atoms with Crippen LogP contribution in [0.25, 0.3) is 5.65 Å². The molecule has 17 heteroatoms. The summed E-state index contributed by atoms with van der Waals surface area (Å²) >= 11 is 1.32. The lowest BCUT2D eigenvalue weighted by atomic mass is 9.98. The van der Waals surface area contributed by atoms with Crippen molar-refractivity contribution < 1.29 is 62.8 Å². The summed E-state index contributed by atoms with van der Waals surface area (Å²) in [6.45, 7) is 3.96. The Morgan fingerprint density at radius 1 is 0.773 bits per heavy atom. The molecule has 0 bridgehead atoms. The molecule has 2 aliphatic carbocycles. The van der Waals surface area contributed by atoms with E-state index in [1.807, 2.05) is 38.4 Å². The molecule has 0 saturated heterocycles. The largest absolute Gasteiger partial charge is 0.496 e. The molecular formula is C49H61N3O13S. The number of imidazole rings is 1. The topological polar surface area (TPSA) is 199 Å². The van der Waals surface area contributed by atoms with Crippen molar-refractivity contribution in [2.24, 2.45) is 0 Å². The first-order valence-electron chi connectivity index (χ1n) is 22.3. The number of pyridine rings is 1. The van der Waals surface area contributed by atoms with Gasteiger partial charge >= 0.3 is 11.9 Å². The van der Waals surface area contributed by atoms with Gasteiger partial charge in [0.2, 0.25) is 0 Å². The molecule has 3 heterocycles. The van der Waals surface area contributed by atoms with E-state index in [2.05, 4.69) is 4.98 Å². The monoisotopic (exact) mass is 931 g/mol. The van der Waals surface area contributed by atoms with E-state index < -0.39 is 42.5 Å². The molecule has 6 unspecified atom stereocenters. The Hall–Kier alpha value is -5.30. The zero-order valence-electron chi connectivity index (χ0n) is 38.6. The van der Waals surface area contributed by atoms with Crippen molar-refractivity contribution in [2.75, 3.05) is 35.5 Å². The molecule has 0 spiro atoms. The molecule has 0 amide bonds. The van der Waals surface area contributed by atoms with Crippen molar-refractivity contribution in [1.29, 1.82) is 0 Å². The Bertz CT molecular complexity index is 2410. The van der Waals surface area contributed by atoms with Gasteiger partial charge in [-0.2, -0.15) is 0 Å². The summed E-state index contributed by atoms with van der Waals surface area (Å²) in [5, 5.41) is 34.0. The van der Waals surface area contributed by atoms with Gasteiger partial charge in [-0.25, -0.2) is 14.8 Å². The number of ether oxygens (including phenoxy) is 8. The SMILES string of the molecule is COCc1sc(CC(OC2CCC(OC(=O)c3cccn4cc(CC(OC5CCCC5)C(O)c5cc(OC)c(C)c(OC)c5)nc34)C2)C(O)c2cc(OC)c(C)c(OC)c2)nc1CC(=O)O. The number of carbonyl (C=O) groups is 2. The molecule has 2 saturated carbocycles. The van der Waals surface area contributed by atoms with Crippen molar-refractivity contribution >= 4 is 28.9 Å². The molecular weight excluding hydrogens is 871 g/mol. The summed E-state index contributed by atoms with van der Waals surface area (Å²) in [6.07, 6.45) is 4.73. The van der Waals surface area contributed by atoms with Crippen LogP contribution in [0.5, 0.6) is 23.0 Å². The third-order valence-electron chi connectivity index (χ3n) is 12.5. The minimum absolute atomic E-state index is 0.00615.